The molecule has 0 bridgehead atoms. The summed E-state index contributed by atoms with van der Waals surface area (Å²) in [5.74, 6) is 1.98. The molecule has 1 aromatic heterocycles. The van der Waals surface area contributed by atoms with E-state index in [1.54, 1.807) is 0 Å². The molecular weight excluding hydrogens is 310 g/mol. The maximum atomic E-state index is 12.4. The highest BCUT2D eigenvalue weighted by molar-refractivity contribution is 7.13. The van der Waals surface area contributed by atoms with E-state index in [0.717, 1.165) is 24.6 Å². The number of aromatic nitrogens is 1. The van der Waals surface area contributed by atoms with E-state index in [1.807, 2.05) is 5.38 Å². The molecule has 1 aliphatic heterocycles. The molecule has 4 atom stereocenters. The van der Waals surface area contributed by atoms with Crippen LogP contribution in [0.1, 0.15) is 44.2 Å². The topological polar surface area (TPSA) is 77.2 Å². The van der Waals surface area contributed by atoms with Crippen LogP contribution < -0.4 is 11.1 Å². The molecule has 5 nitrogen and oxygen atoms in total. The van der Waals surface area contributed by atoms with Crippen molar-refractivity contribution in [3.63, 3.8) is 0 Å². The van der Waals surface area contributed by atoms with E-state index in [9.17, 15) is 4.79 Å². The van der Waals surface area contributed by atoms with Gasteiger partial charge >= 0.3 is 0 Å². The molecule has 4 rings (SSSR count). The van der Waals surface area contributed by atoms with Crippen molar-refractivity contribution in [2.45, 2.75) is 57.1 Å². The lowest BCUT2D eigenvalue weighted by molar-refractivity contribution is -0.129. The number of amides is 1. The molecular formula is C17H25N3O2S. The van der Waals surface area contributed by atoms with Gasteiger partial charge in [-0.2, -0.15) is 0 Å². The molecule has 6 heteroatoms. The summed E-state index contributed by atoms with van der Waals surface area (Å²) in [6, 6.07) is 0.332. The maximum Gasteiger partial charge on any atom is 0.220 e. The average Bonchev–Trinajstić information content (AvgIpc) is 3.25. The molecule has 2 saturated carbocycles. The maximum absolute atomic E-state index is 12.4. The fourth-order valence-corrected chi connectivity index (χ4v) is 5.39. The number of ether oxygens (including phenoxy) is 1. The number of nitrogens with zero attached hydrogens (tertiary/aromatic N) is 1. The first-order valence-corrected chi connectivity index (χ1v) is 9.71. The Labute approximate surface area is 141 Å². The fraction of sp³-hybridized carbons (Fsp3) is 0.765. The van der Waals surface area contributed by atoms with Gasteiger partial charge in [0.05, 0.1) is 11.8 Å². The Hall–Kier alpha value is -1.14. The van der Waals surface area contributed by atoms with E-state index in [2.05, 4.69) is 10.3 Å². The Balaban J connectivity index is 1.33. The van der Waals surface area contributed by atoms with Gasteiger partial charge in [-0.05, 0) is 18.8 Å². The molecule has 0 unspecified atom stereocenters. The molecule has 3 N–H and O–H groups in total. The summed E-state index contributed by atoms with van der Waals surface area (Å²) in [5.41, 5.74) is 6.56. The Morgan fingerprint density at radius 2 is 2.22 bits per heavy atom. The molecule has 1 amide bonds. The summed E-state index contributed by atoms with van der Waals surface area (Å²) in [7, 11) is 0. The summed E-state index contributed by atoms with van der Waals surface area (Å²) in [6.07, 6.45) is 7.96. The van der Waals surface area contributed by atoms with Crippen LogP contribution in [0.25, 0.3) is 0 Å². The molecule has 3 fully saturated rings. The quantitative estimate of drug-likeness (QED) is 0.866. The number of nitrogen functional groups attached to an aromatic ring is 1. The summed E-state index contributed by atoms with van der Waals surface area (Å²) < 4.78 is 5.95. The number of hydrogen-bond acceptors (Lipinski definition) is 5. The molecule has 2 aliphatic carbocycles. The van der Waals surface area contributed by atoms with E-state index in [0.29, 0.717) is 42.0 Å². The second kappa shape index (κ2) is 6.40. The number of fused-ring (bicyclic) bond motifs is 1. The zero-order valence-electron chi connectivity index (χ0n) is 13.4. The largest absolute Gasteiger partial charge is 0.377 e. The first-order chi connectivity index (χ1) is 11.2. The number of thiazole rings is 1. The van der Waals surface area contributed by atoms with Crippen LogP contribution >= 0.6 is 11.3 Å². The number of carbonyl (C=O) groups excluding carboxylic acids is 1. The van der Waals surface area contributed by atoms with E-state index in [-0.39, 0.29) is 5.91 Å². The van der Waals surface area contributed by atoms with Crippen LogP contribution in [0.15, 0.2) is 5.38 Å². The van der Waals surface area contributed by atoms with Crippen LogP contribution in [0, 0.1) is 17.8 Å². The van der Waals surface area contributed by atoms with Gasteiger partial charge in [0.25, 0.3) is 0 Å². The predicted octanol–water partition coefficient (Wildman–Crippen LogP) is 2.37. The molecule has 0 spiro atoms. The fourth-order valence-electron chi connectivity index (χ4n) is 4.80. The number of hydrogen-bond donors (Lipinski definition) is 2. The Kier molecular flexibility index (Phi) is 4.28. The van der Waals surface area contributed by atoms with Gasteiger partial charge in [-0.15, -0.1) is 11.3 Å². The molecule has 126 valence electrons. The predicted molar refractivity (Wildman–Crippen MR) is 90.1 cm³/mol. The summed E-state index contributed by atoms with van der Waals surface area (Å²) in [5, 5.41) is 5.83. The third kappa shape index (κ3) is 2.98. The van der Waals surface area contributed by atoms with Crippen molar-refractivity contribution in [3.05, 3.63) is 11.1 Å². The summed E-state index contributed by atoms with van der Waals surface area (Å²) in [4.78, 5) is 16.6. The third-order valence-electron chi connectivity index (χ3n) is 5.89. The first-order valence-electron chi connectivity index (χ1n) is 8.83. The van der Waals surface area contributed by atoms with E-state index < -0.39 is 0 Å². The number of nitrogens with one attached hydrogen (secondary N) is 1. The number of nitrogens with two attached hydrogens (primary N) is 1. The van der Waals surface area contributed by atoms with Crippen LogP contribution in [0.5, 0.6) is 0 Å². The van der Waals surface area contributed by atoms with E-state index in [4.69, 9.17) is 10.5 Å². The first kappa shape index (κ1) is 15.4. The van der Waals surface area contributed by atoms with Crippen molar-refractivity contribution < 1.29 is 9.53 Å². The highest BCUT2D eigenvalue weighted by atomic mass is 32.1. The smallest absolute Gasteiger partial charge is 0.220 e. The highest BCUT2D eigenvalue weighted by Crippen LogP contribution is 2.51. The SMILES string of the molecule is Nc1nc(CCC(=O)N[C@H]2[C@@H]3CCO[C@@H]3[C@@H]2C2CCCC2)cs1. The third-order valence-corrected chi connectivity index (χ3v) is 6.61. The van der Waals surface area contributed by atoms with Crippen molar-refractivity contribution in [1.82, 2.24) is 10.3 Å². The Morgan fingerprint density at radius 1 is 1.39 bits per heavy atom. The zero-order chi connectivity index (χ0) is 15.8. The van der Waals surface area contributed by atoms with Gasteiger partial charge in [0.15, 0.2) is 5.13 Å². The molecule has 1 aromatic rings. The lowest BCUT2D eigenvalue weighted by atomic mass is 9.61. The van der Waals surface area contributed by atoms with Gasteiger partial charge in [0.1, 0.15) is 0 Å². The summed E-state index contributed by atoms with van der Waals surface area (Å²) in [6.45, 7) is 0.864. The highest BCUT2D eigenvalue weighted by Gasteiger charge is 2.56. The average molecular weight is 335 g/mol. The standard InChI is InChI=1S/C17H25N3O2S/c18-17-19-11(9-23-17)5-6-13(21)20-15-12-7-8-22-16(12)14(15)10-3-1-2-4-10/h9-10,12,14-16H,1-8H2,(H2,18,19)(H,20,21)/t12-,14+,15-,16-/m0/s1. The van der Waals surface area contributed by atoms with Crippen LogP contribution in [0.3, 0.4) is 0 Å². The molecule has 1 saturated heterocycles. The second-order valence-corrected chi connectivity index (χ2v) is 8.07. The molecule has 23 heavy (non-hydrogen) atoms. The van der Waals surface area contributed by atoms with Crippen molar-refractivity contribution >= 4 is 22.4 Å². The van der Waals surface area contributed by atoms with Crippen LogP contribution in [0.2, 0.25) is 0 Å². The lowest BCUT2D eigenvalue weighted by Crippen LogP contribution is -2.63. The van der Waals surface area contributed by atoms with Gasteiger partial charge < -0.3 is 15.8 Å². The Morgan fingerprint density at radius 3 is 2.96 bits per heavy atom. The van der Waals surface area contributed by atoms with Gasteiger partial charge in [0.2, 0.25) is 5.91 Å². The monoisotopic (exact) mass is 335 g/mol. The number of rotatable bonds is 5. The van der Waals surface area contributed by atoms with Crippen LogP contribution in [-0.4, -0.2) is 29.6 Å². The molecule has 0 radical (unpaired) electrons. The van der Waals surface area contributed by atoms with Gasteiger partial charge in [-0.3, -0.25) is 4.79 Å². The lowest BCUT2D eigenvalue weighted by Gasteiger charge is -2.50. The number of anilines is 1. The van der Waals surface area contributed by atoms with Crippen LogP contribution in [0.4, 0.5) is 5.13 Å². The Bertz CT molecular complexity index is 565. The molecule has 0 aromatic carbocycles. The zero-order valence-corrected chi connectivity index (χ0v) is 14.2. The van der Waals surface area contributed by atoms with E-state index >= 15 is 0 Å². The van der Waals surface area contributed by atoms with Crippen molar-refractivity contribution in [2.24, 2.45) is 17.8 Å². The molecule has 3 aliphatic rings. The van der Waals surface area contributed by atoms with Gasteiger partial charge in [-0.25, -0.2) is 4.98 Å². The minimum absolute atomic E-state index is 0.148. The van der Waals surface area contributed by atoms with Crippen molar-refractivity contribution in [3.8, 4) is 0 Å². The van der Waals surface area contributed by atoms with Gasteiger partial charge in [-0.1, -0.05) is 25.7 Å². The second-order valence-electron chi connectivity index (χ2n) is 7.18. The summed E-state index contributed by atoms with van der Waals surface area (Å²) >= 11 is 1.43. The van der Waals surface area contributed by atoms with Crippen molar-refractivity contribution in [1.29, 1.82) is 0 Å². The number of carbonyl (C=O) groups is 1. The molecule has 2 heterocycles. The van der Waals surface area contributed by atoms with Crippen molar-refractivity contribution in [2.75, 3.05) is 12.3 Å². The normalized spacial score (nSPS) is 33.4. The number of aryl methyl sites for hydroxylation is 1. The van der Waals surface area contributed by atoms with E-state index in [1.165, 1.54) is 37.0 Å². The van der Waals surface area contributed by atoms with Gasteiger partial charge in [0, 0.05) is 36.3 Å². The minimum atomic E-state index is 0.148. The van der Waals surface area contributed by atoms with Crippen LogP contribution in [-0.2, 0) is 16.0 Å². The minimum Gasteiger partial charge on any atom is -0.377 e.